The van der Waals surface area contributed by atoms with Crippen molar-refractivity contribution in [1.82, 2.24) is 0 Å². The van der Waals surface area contributed by atoms with Crippen molar-refractivity contribution in [3.05, 3.63) is 468 Å². The Morgan fingerprint density at radius 2 is 0.572 bits per heavy atom. The minimum absolute atomic E-state index is 0.540. The lowest BCUT2D eigenvalue weighted by atomic mass is 9.96. The van der Waals surface area contributed by atoms with Crippen LogP contribution >= 0.6 is 0 Å². The molecular formula is C130H95N10O5+5. The van der Waals surface area contributed by atoms with Gasteiger partial charge in [0.2, 0.25) is 39.8 Å². The quantitative estimate of drug-likeness (QED) is 0.0979. The molecule has 0 fully saturated rings. The van der Waals surface area contributed by atoms with E-state index in [-0.39, 0.29) is 0 Å². The SMILES string of the molecule is Cc1cc(C#N)c2c(oc3cc(-c4ccccc4)ccc32)c1-c1cccc[n+]1C.Cc1ccc2c(oc3cc(-c4ccccc4)cc(C#N)c32)c1-c1cccc[n+]1C.[C-]#[N+]c1c(-c2ccccc2)ccc2c1oc1c(-c3cccc[n+]3C)c(C)ccc12.[C-]#[N+]c1cc(-c2ccccc2)cc2c1oc1c(-c3cccc[n+]3C)c(C)ccc12.[C-]#[N+]c1cc2c(cc1-c1ccccc1)oc1c(-c3cccc[n+]3C)c(C)ccc12. The number of aryl methyl sites for hydroxylation is 10. The topological polar surface area (TPSA) is 146 Å². The maximum atomic E-state index is 9.87. The number of nitrogens with zero attached hydrogens (tertiary/aromatic N) is 10. The van der Waals surface area contributed by atoms with E-state index in [0.717, 1.165) is 238 Å². The van der Waals surface area contributed by atoms with Crippen molar-refractivity contribution in [2.75, 3.05) is 0 Å². The molecule has 0 atom stereocenters. The van der Waals surface area contributed by atoms with Crippen LogP contribution in [0.25, 0.3) is 236 Å². The van der Waals surface area contributed by atoms with Gasteiger partial charge in [0.1, 0.15) is 85.5 Å². The Morgan fingerprint density at radius 3 is 1.03 bits per heavy atom. The number of pyridine rings is 5. The van der Waals surface area contributed by atoms with Crippen molar-refractivity contribution < 1.29 is 44.9 Å². The van der Waals surface area contributed by atoms with E-state index in [4.69, 9.17) is 41.8 Å². The van der Waals surface area contributed by atoms with Crippen LogP contribution in [0.3, 0.4) is 0 Å². The average molecular weight is 1880 g/mol. The van der Waals surface area contributed by atoms with E-state index in [9.17, 15) is 10.5 Å². The predicted molar refractivity (Wildman–Crippen MR) is 581 cm³/mol. The van der Waals surface area contributed by atoms with Crippen LogP contribution in [0.2, 0.25) is 0 Å². The molecule has 0 amide bonds. The summed E-state index contributed by atoms with van der Waals surface area (Å²) in [4.78, 5) is 11.4. The van der Waals surface area contributed by atoms with Gasteiger partial charge in [0.05, 0.1) is 70.8 Å². The normalized spacial score (nSPS) is 11.1. The molecule has 0 N–H and O–H groups in total. The highest BCUT2D eigenvalue weighted by molar-refractivity contribution is 6.19. The van der Waals surface area contributed by atoms with Gasteiger partial charge in [-0.1, -0.05) is 218 Å². The number of hydrogen-bond acceptors (Lipinski definition) is 7. The summed E-state index contributed by atoms with van der Waals surface area (Å²) < 4.78 is 42.5. The summed E-state index contributed by atoms with van der Waals surface area (Å²) in [5.41, 5.74) is 37.4. The molecule has 0 aliphatic carbocycles. The zero-order chi connectivity index (χ0) is 99.8. The minimum Gasteiger partial charge on any atom is -0.466 e. The Kier molecular flexibility index (Phi) is 24.7. The molecule has 10 heterocycles. The number of furan rings is 5. The van der Waals surface area contributed by atoms with E-state index < -0.39 is 0 Å². The van der Waals surface area contributed by atoms with Crippen LogP contribution in [-0.4, -0.2) is 0 Å². The molecule has 0 spiro atoms. The summed E-state index contributed by atoms with van der Waals surface area (Å²) in [6, 6.07) is 127. The monoisotopic (exact) mass is 1880 g/mol. The molecule has 15 nitrogen and oxygen atoms in total. The van der Waals surface area contributed by atoms with Crippen LogP contribution in [-0.2, 0) is 35.2 Å². The second kappa shape index (κ2) is 39.1. The maximum Gasteiger partial charge on any atom is 0.237 e. The van der Waals surface area contributed by atoms with Gasteiger partial charge in [-0.25, -0.2) is 37.4 Å². The highest BCUT2D eigenvalue weighted by atomic mass is 16.3. The fourth-order valence-corrected chi connectivity index (χ4v) is 20.2. The summed E-state index contributed by atoms with van der Waals surface area (Å²) in [5, 5.41) is 29.4. The van der Waals surface area contributed by atoms with E-state index in [1.807, 2.05) is 304 Å². The second-order valence-corrected chi connectivity index (χ2v) is 36.4. The summed E-state index contributed by atoms with van der Waals surface area (Å²) >= 11 is 0. The average Bonchev–Trinajstić information content (AvgIpc) is 1.62. The largest absolute Gasteiger partial charge is 0.466 e. The van der Waals surface area contributed by atoms with Crippen LogP contribution in [0, 0.1) is 77.0 Å². The first-order valence-electron chi connectivity index (χ1n) is 47.8. The molecule has 0 aliphatic heterocycles. The van der Waals surface area contributed by atoms with Crippen LogP contribution < -0.4 is 22.8 Å². The van der Waals surface area contributed by atoms with Crippen LogP contribution in [0.1, 0.15) is 38.9 Å². The number of nitriles is 2. The van der Waals surface area contributed by atoms with Gasteiger partial charge in [0.15, 0.2) is 42.3 Å². The summed E-state index contributed by atoms with van der Waals surface area (Å²) in [6.07, 6.45) is 10.2. The van der Waals surface area contributed by atoms with E-state index >= 15 is 0 Å². The maximum absolute atomic E-state index is 9.87. The van der Waals surface area contributed by atoms with Crippen molar-refractivity contribution >= 4 is 127 Å². The third-order valence-electron chi connectivity index (χ3n) is 27.4. The first-order valence-corrected chi connectivity index (χ1v) is 47.8. The lowest BCUT2D eigenvalue weighted by Crippen LogP contribution is -2.30. The molecular weight excluding hydrogens is 1780 g/mol. The Bertz CT molecular complexity index is 9510. The van der Waals surface area contributed by atoms with Gasteiger partial charge in [0, 0.05) is 115 Å². The number of hydrogen-bond donors (Lipinski definition) is 0. The molecule has 0 saturated heterocycles. The predicted octanol–water partition coefficient (Wildman–Crippen LogP) is 31.7. The van der Waals surface area contributed by atoms with Crippen LogP contribution in [0.5, 0.6) is 0 Å². The van der Waals surface area contributed by atoms with Gasteiger partial charge in [-0.2, -0.15) is 10.5 Å². The lowest BCUT2D eigenvalue weighted by Gasteiger charge is -2.06. The standard InChI is InChI=1S/5C26H19N2O/c1-17-12-13-20-21-15-14-19(18-9-5-4-6-10-18)24(27-2)26(21)29-25(20)23(17)22-11-7-8-16-28(22)3;1-17-12-13-20-21-15-19(18-9-5-4-6-10-18)16-22(27-2)25(21)29-26(20)24(17)23-11-7-8-14-28(23)3;1-17-12-13-19-21-15-22(27-2)20(18-9-5-4-6-10-18)16-24(21)29-26(19)25(17)23-11-7-8-14-28(23)3;1-17-14-20(16-27)25-21-12-11-19(18-8-4-3-5-9-18)15-23(21)29-26(25)24(17)22-10-6-7-13-28(22)2;1-17-11-12-21-25-20(16-27)14-19(18-8-4-3-5-9-18)15-23(25)29-26(21)24(17)22-10-6-7-13-28(22)2/h3*4-16H,1,3H3;2*3-15H,1-2H3/q5*+1. The molecule has 0 radical (unpaired) electrons. The Morgan fingerprint density at radius 1 is 0.228 bits per heavy atom. The van der Waals surface area contributed by atoms with Crippen LogP contribution in [0.4, 0.5) is 17.1 Å². The van der Waals surface area contributed by atoms with Gasteiger partial charge >= 0.3 is 0 Å². The molecule has 25 aromatic rings. The fourth-order valence-electron chi connectivity index (χ4n) is 20.2. The molecule has 0 bridgehead atoms. The number of benzene rings is 15. The molecule has 10 aromatic heterocycles. The van der Waals surface area contributed by atoms with Gasteiger partial charge in [-0.05, 0) is 203 Å². The van der Waals surface area contributed by atoms with Gasteiger partial charge in [-0.15, -0.1) is 0 Å². The Hall–Kier alpha value is -19.5. The summed E-state index contributed by atoms with van der Waals surface area (Å²) in [6.45, 7) is 33.7. The van der Waals surface area contributed by atoms with Crippen molar-refractivity contribution in [3.8, 4) is 124 Å². The van der Waals surface area contributed by atoms with Gasteiger partial charge < -0.3 is 22.1 Å². The highest BCUT2D eigenvalue weighted by Crippen LogP contribution is 2.50. The second-order valence-electron chi connectivity index (χ2n) is 36.4. The highest BCUT2D eigenvalue weighted by Gasteiger charge is 2.30. The van der Waals surface area contributed by atoms with E-state index in [1.54, 1.807) is 0 Å². The van der Waals surface area contributed by atoms with Crippen molar-refractivity contribution in [2.24, 2.45) is 35.2 Å². The molecule has 15 heteroatoms. The Balaban J connectivity index is 0.000000107. The summed E-state index contributed by atoms with van der Waals surface area (Å²) in [7, 11) is 10.2. The molecule has 0 saturated carbocycles. The number of aromatic nitrogens is 5. The van der Waals surface area contributed by atoms with E-state index in [2.05, 4.69) is 211 Å². The van der Waals surface area contributed by atoms with Gasteiger partial charge in [-0.3, -0.25) is 0 Å². The number of rotatable bonds is 10. The zero-order valence-electron chi connectivity index (χ0n) is 81.5. The minimum atomic E-state index is 0.540. The molecule has 0 unspecified atom stereocenters. The smallest absolute Gasteiger partial charge is 0.237 e. The summed E-state index contributed by atoms with van der Waals surface area (Å²) in [5.74, 6) is 0. The van der Waals surface area contributed by atoms with Crippen molar-refractivity contribution in [2.45, 2.75) is 34.6 Å². The van der Waals surface area contributed by atoms with E-state index in [1.165, 1.54) is 0 Å². The molecule has 25 rings (SSSR count). The third-order valence-corrected chi connectivity index (χ3v) is 27.4. The first kappa shape index (κ1) is 91.9. The van der Waals surface area contributed by atoms with Crippen LogP contribution in [0.15, 0.2) is 417 Å². The third kappa shape index (κ3) is 17.0. The van der Waals surface area contributed by atoms with Crippen molar-refractivity contribution in [1.29, 1.82) is 10.5 Å². The molecule has 15 aromatic carbocycles. The molecule has 0 aliphatic rings. The fraction of sp³-hybridized carbons (Fsp3) is 0.0769. The van der Waals surface area contributed by atoms with Gasteiger partial charge in [0.25, 0.3) is 0 Å². The Labute approximate surface area is 838 Å². The first-order chi connectivity index (χ1) is 70.9. The molecule has 690 valence electrons. The molecule has 145 heavy (non-hydrogen) atoms. The van der Waals surface area contributed by atoms with E-state index in [0.29, 0.717) is 39.4 Å². The van der Waals surface area contributed by atoms with Crippen molar-refractivity contribution in [3.63, 3.8) is 0 Å². The lowest BCUT2D eigenvalue weighted by molar-refractivity contribution is -0.660. The number of fused-ring (bicyclic) bond motifs is 15. The zero-order valence-corrected chi connectivity index (χ0v) is 81.5.